The van der Waals surface area contributed by atoms with E-state index in [-0.39, 0.29) is 6.10 Å². The van der Waals surface area contributed by atoms with Gasteiger partial charge in [-0.15, -0.1) is 0 Å². The molecule has 6 nitrogen and oxygen atoms in total. The maximum absolute atomic E-state index is 5.64. The van der Waals surface area contributed by atoms with Crippen molar-refractivity contribution in [1.29, 1.82) is 0 Å². The molecule has 1 aliphatic heterocycles. The first kappa shape index (κ1) is 14.0. The zero-order valence-corrected chi connectivity index (χ0v) is 12.6. The Labute approximate surface area is 124 Å². The van der Waals surface area contributed by atoms with Crippen molar-refractivity contribution in [2.24, 2.45) is 5.92 Å². The van der Waals surface area contributed by atoms with Crippen molar-refractivity contribution in [3.05, 3.63) is 35.6 Å². The second kappa shape index (κ2) is 5.81. The number of rotatable bonds is 4. The summed E-state index contributed by atoms with van der Waals surface area (Å²) in [4.78, 5) is 10.9. The standard InChI is InChI=1S/C15H20N4O2/c1-10-6-13(21-18-10)7-12-8-19(9-14(12)20-3)15-4-5-16-11(2)17-15/h4-6,12,14H,7-9H2,1-3H3/t12-,14+/m1/s1. The van der Waals surface area contributed by atoms with Crippen molar-refractivity contribution < 1.29 is 9.26 Å². The van der Waals surface area contributed by atoms with Crippen LogP contribution in [-0.2, 0) is 11.2 Å². The van der Waals surface area contributed by atoms with Gasteiger partial charge in [0.1, 0.15) is 17.4 Å². The molecule has 2 aromatic rings. The number of aryl methyl sites for hydroxylation is 2. The number of nitrogens with zero attached hydrogens (tertiary/aromatic N) is 4. The topological polar surface area (TPSA) is 64.3 Å². The van der Waals surface area contributed by atoms with E-state index in [9.17, 15) is 0 Å². The Kier molecular flexibility index (Phi) is 3.88. The lowest BCUT2D eigenvalue weighted by molar-refractivity contribution is 0.0812. The second-order valence-electron chi connectivity index (χ2n) is 5.54. The van der Waals surface area contributed by atoms with Gasteiger partial charge in [-0.2, -0.15) is 0 Å². The highest BCUT2D eigenvalue weighted by Crippen LogP contribution is 2.27. The van der Waals surface area contributed by atoms with Crippen molar-refractivity contribution in [3.8, 4) is 0 Å². The highest BCUT2D eigenvalue weighted by Gasteiger charge is 2.34. The zero-order chi connectivity index (χ0) is 14.8. The summed E-state index contributed by atoms with van der Waals surface area (Å²) in [5.41, 5.74) is 0.917. The van der Waals surface area contributed by atoms with E-state index >= 15 is 0 Å². The van der Waals surface area contributed by atoms with Crippen LogP contribution in [-0.4, -0.2) is 41.4 Å². The number of anilines is 1. The Bertz CT molecular complexity index is 613. The molecule has 0 spiro atoms. The van der Waals surface area contributed by atoms with Crippen LogP contribution in [0.2, 0.25) is 0 Å². The van der Waals surface area contributed by atoms with Gasteiger partial charge >= 0.3 is 0 Å². The van der Waals surface area contributed by atoms with Crippen molar-refractivity contribution in [1.82, 2.24) is 15.1 Å². The molecule has 0 saturated carbocycles. The summed E-state index contributed by atoms with van der Waals surface area (Å²) >= 11 is 0. The Morgan fingerprint density at radius 3 is 2.90 bits per heavy atom. The van der Waals surface area contributed by atoms with Gasteiger partial charge in [0.2, 0.25) is 0 Å². The van der Waals surface area contributed by atoms with Crippen LogP contribution < -0.4 is 4.90 Å². The fourth-order valence-corrected chi connectivity index (χ4v) is 2.88. The van der Waals surface area contributed by atoms with Crippen molar-refractivity contribution in [2.45, 2.75) is 26.4 Å². The van der Waals surface area contributed by atoms with Gasteiger partial charge in [-0.3, -0.25) is 0 Å². The van der Waals surface area contributed by atoms with Gasteiger partial charge in [-0.05, 0) is 19.9 Å². The van der Waals surface area contributed by atoms with Crippen molar-refractivity contribution >= 4 is 5.82 Å². The van der Waals surface area contributed by atoms with Crippen LogP contribution >= 0.6 is 0 Å². The molecular weight excluding hydrogens is 268 g/mol. The quantitative estimate of drug-likeness (QED) is 0.854. The lowest BCUT2D eigenvalue weighted by Gasteiger charge is -2.16. The van der Waals surface area contributed by atoms with Crippen LogP contribution in [0.1, 0.15) is 17.3 Å². The molecular formula is C15H20N4O2. The van der Waals surface area contributed by atoms with Crippen molar-refractivity contribution in [2.75, 3.05) is 25.1 Å². The van der Waals surface area contributed by atoms with Crippen molar-refractivity contribution in [3.63, 3.8) is 0 Å². The third-order valence-electron chi connectivity index (χ3n) is 3.91. The molecule has 3 heterocycles. The Hall–Kier alpha value is -1.95. The van der Waals surface area contributed by atoms with Gasteiger partial charge < -0.3 is 14.2 Å². The SMILES string of the molecule is CO[C@H]1CN(c2ccnc(C)n2)C[C@H]1Cc1cc(C)no1. The minimum atomic E-state index is 0.172. The molecule has 0 bridgehead atoms. The van der Waals surface area contributed by atoms with Gasteiger partial charge in [0.25, 0.3) is 0 Å². The van der Waals surface area contributed by atoms with Gasteiger partial charge in [-0.25, -0.2) is 9.97 Å². The third-order valence-corrected chi connectivity index (χ3v) is 3.91. The molecule has 1 aliphatic rings. The van der Waals surface area contributed by atoms with Gasteiger partial charge in [0.15, 0.2) is 0 Å². The molecule has 2 atom stereocenters. The minimum Gasteiger partial charge on any atom is -0.379 e. The fraction of sp³-hybridized carbons (Fsp3) is 0.533. The first-order valence-electron chi connectivity index (χ1n) is 7.15. The van der Waals surface area contributed by atoms with Crippen LogP contribution in [0.15, 0.2) is 22.9 Å². The van der Waals surface area contributed by atoms with E-state index < -0.39 is 0 Å². The normalized spacial score (nSPS) is 22.0. The van der Waals surface area contributed by atoms with E-state index in [1.807, 2.05) is 26.0 Å². The van der Waals surface area contributed by atoms with E-state index in [1.54, 1.807) is 13.3 Å². The summed E-state index contributed by atoms with van der Waals surface area (Å²) < 4.78 is 11.0. The van der Waals surface area contributed by atoms with Gasteiger partial charge in [0, 0.05) is 44.8 Å². The number of hydrogen-bond donors (Lipinski definition) is 0. The molecule has 1 saturated heterocycles. The summed E-state index contributed by atoms with van der Waals surface area (Å²) in [6.45, 7) is 5.58. The summed E-state index contributed by atoms with van der Waals surface area (Å²) in [5.74, 6) is 3.04. The lowest BCUT2D eigenvalue weighted by Crippen LogP contribution is -2.23. The predicted octanol–water partition coefficient (Wildman–Crippen LogP) is 1.78. The van der Waals surface area contributed by atoms with Crippen LogP contribution in [0.3, 0.4) is 0 Å². The maximum atomic E-state index is 5.64. The highest BCUT2D eigenvalue weighted by atomic mass is 16.5. The smallest absolute Gasteiger partial charge is 0.137 e. The third kappa shape index (κ3) is 3.05. The molecule has 0 amide bonds. The molecule has 0 aromatic carbocycles. The summed E-state index contributed by atoms with van der Waals surface area (Å²) in [5, 5.41) is 3.95. The van der Waals surface area contributed by atoms with Gasteiger partial charge in [-0.1, -0.05) is 5.16 Å². The average molecular weight is 288 g/mol. The van der Waals surface area contributed by atoms with Gasteiger partial charge in [0.05, 0.1) is 11.8 Å². The largest absolute Gasteiger partial charge is 0.379 e. The van der Waals surface area contributed by atoms with E-state index in [1.165, 1.54) is 0 Å². The first-order chi connectivity index (χ1) is 10.2. The average Bonchev–Trinajstić information content (AvgIpc) is 3.06. The number of ether oxygens (including phenoxy) is 1. The molecule has 112 valence electrons. The van der Waals surface area contributed by atoms with E-state index in [0.717, 1.165) is 42.6 Å². The summed E-state index contributed by atoms with van der Waals surface area (Å²) in [6.07, 6.45) is 2.80. The lowest BCUT2D eigenvalue weighted by atomic mass is 10.0. The number of aromatic nitrogens is 3. The molecule has 2 aromatic heterocycles. The Morgan fingerprint density at radius 1 is 1.38 bits per heavy atom. The Morgan fingerprint density at radius 2 is 2.24 bits per heavy atom. The molecule has 0 radical (unpaired) electrons. The van der Waals surface area contributed by atoms with E-state index in [2.05, 4.69) is 20.0 Å². The fourth-order valence-electron chi connectivity index (χ4n) is 2.88. The van der Waals surface area contributed by atoms with Crippen LogP contribution in [0.25, 0.3) is 0 Å². The molecule has 1 fully saturated rings. The Balaban J connectivity index is 1.73. The summed E-state index contributed by atoms with van der Waals surface area (Å²) in [7, 11) is 1.76. The van der Waals surface area contributed by atoms with Crippen LogP contribution in [0.4, 0.5) is 5.82 Å². The number of hydrogen-bond acceptors (Lipinski definition) is 6. The second-order valence-corrected chi connectivity index (χ2v) is 5.54. The van der Waals surface area contributed by atoms with E-state index in [4.69, 9.17) is 9.26 Å². The van der Waals surface area contributed by atoms with Crippen LogP contribution in [0.5, 0.6) is 0 Å². The molecule has 0 unspecified atom stereocenters. The number of methoxy groups -OCH3 is 1. The molecule has 0 aliphatic carbocycles. The molecule has 0 N–H and O–H groups in total. The molecule has 21 heavy (non-hydrogen) atoms. The summed E-state index contributed by atoms with van der Waals surface area (Å²) in [6, 6.07) is 3.94. The molecule has 3 rings (SSSR count). The van der Waals surface area contributed by atoms with E-state index in [0.29, 0.717) is 5.92 Å². The zero-order valence-electron chi connectivity index (χ0n) is 12.6. The highest BCUT2D eigenvalue weighted by molar-refractivity contribution is 5.39. The minimum absolute atomic E-state index is 0.172. The first-order valence-corrected chi connectivity index (χ1v) is 7.15. The molecule has 6 heteroatoms. The maximum Gasteiger partial charge on any atom is 0.137 e. The monoisotopic (exact) mass is 288 g/mol. The predicted molar refractivity (Wildman–Crippen MR) is 78.2 cm³/mol. The van der Waals surface area contributed by atoms with Crippen LogP contribution in [0, 0.1) is 19.8 Å².